The Morgan fingerprint density at radius 1 is 0.259 bits per heavy atom. The van der Waals surface area contributed by atoms with Gasteiger partial charge in [0.15, 0.2) is 6.10 Å². The standard InChI is InChI=1S/C75H120O6/c1-4-7-10-13-16-19-22-25-28-31-33-35-36-37-38-40-41-44-47-50-53-56-59-62-65-68-74(77)80-71-72(70-79-73(76)67-64-61-58-55-52-49-46-43-30-27-24-21-18-15-12-9-6-3)81-75(78)69-66-63-60-57-54-51-48-45-42-39-34-32-29-26-23-20-17-14-11-8-5-2/h8-9,11-12,17-18,20-22,25-27,29-31,33-34,36-37,39,45-46,48-49,54,57,72H,4-7,10,13-16,19,23-24,28,32,35,38,40-44,47,50-53,55-56,58-71H2,1-3H3/b11-8-,12-9-,20-17-,21-18-,25-22-,29-26-,30-27-,33-31-,37-36-,39-34-,48-45-,49-46-,57-54-. The lowest BCUT2D eigenvalue weighted by Gasteiger charge is -2.18. The fraction of sp³-hybridized carbons (Fsp3) is 0.613. The minimum atomic E-state index is -0.823. The van der Waals surface area contributed by atoms with Gasteiger partial charge >= 0.3 is 17.9 Å². The monoisotopic (exact) mass is 1120 g/mol. The zero-order valence-corrected chi connectivity index (χ0v) is 52.2. The Bertz CT molecular complexity index is 1810. The van der Waals surface area contributed by atoms with E-state index >= 15 is 0 Å². The maximum absolute atomic E-state index is 12.9. The Morgan fingerprint density at radius 2 is 0.481 bits per heavy atom. The van der Waals surface area contributed by atoms with Crippen molar-refractivity contribution in [1.82, 2.24) is 0 Å². The topological polar surface area (TPSA) is 78.9 Å². The lowest BCUT2D eigenvalue weighted by Crippen LogP contribution is -2.30. The number of carbonyl (C=O) groups is 3. The van der Waals surface area contributed by atoms with Gasteiger partial charge in [-0.15, -0.1) is 0 Å². The molecule has 1 unspecified atom stereocenters. The van der Waals surface area contributed by atoms with E-state index in [2.05, 4.69) is 179 Å². The van der Waals surface area contributed by atoms with Gasteiger partial charge in [0.2, 0.25) is 0 Å². The van der Waals surface area contributed by atoms with Gasteiger partial charge in [-0.25, -0.2) is 0 Å². The molecule has 0 fully saturated rings. The first-order valence-corrected chi connectivity index (χ1v) is 33.0. The van der Waals surface area contributed by atoms with Crippen molar-refractivity contribution in [2.75, 3.05) is 13.2 Å². The third kappa shape index (κ3) is 65.7. The van der Waals surface area contributed by atoms with Crippen LogP contribution in [0.15, 0.2) is 158 Å². The molecule has 0 saturated carbocycles. The van der Waals surface area contributed by atoms with E-state index in [0.717, 1.165) is 141 Å². The van der Waals surface area contributed by atoms with Gasteiger partial charge in [0.05, 0.1) is 0 Å². The zero-order valence-electron chi connectivity index (χ0n) is 52.2. The van der Waals surface area contributed by atoms with Crippen LogP contribution in [0.25, 0.3) is 0 Å². The highest BCUT2D eigenvalue weighted by Crippen LogP contribution is 2.15. The third-order valence-electron chi connectivity index (χ3n) is 13.5. The van der Waals surface area contributed by atoms with Crippen molar-refractivity contribution in [2.24, 2.45) is 0 Å². The summed E-state index contributed by atoms with van der Waals surface area (Å²) in [6.07, 6.45) is 98.2. The lowest BCUT2D eigenvalue weighted by molar-refractivity contribution is -0.167. The number of rotatable bonds is 58. The fourth-order valence-corrected chi connectivity index (χ4v) is 8.62. The van der Waals surface area contributed by atoms with Crippen molar-refractivity contribution in [2.45, 2.75) is 284 Å². The van der Waals surface area contributed by atoms with Gasteiger partial charge < -0.3 is 14.2 Å². The highest BCUT2D eigenvalue weighted by Gasteiger charge is 2.19. The first-order valence-electron chi connectivity index (χ1n) is 33.0. The molecule has 81 heavy (non-hydrogen) atoms. The molecule has 0 aromatic rings. The molecular weight excluding hydrogens is 997 g/mol. The van der Waals surface area contributed by atoms with Crippen LogP contribution in [0.3, 0.4) is 0 Å². The second-order valence-corrected chi connectivity index (χ2v) is 21.3. The van der Waals surface area contributed by atoms with E-state index in [1.807, 2.05) is 0 Å². The van der Waals surface area contributed by atoms with E-state index < -0.39 is 6.10 Å². The summed E-state index contributed by atoms with van der Waals surface area (Å²) >= 11 is 0. The van der Waals surface area contributed by atoms with Crippen LogP contribution < -0.4 is 0 Å². The van der Waals surface area contributed by atoms with Gasteiger partial charge in [-0.1, -0.05) is 269 Å². The third-order valence-corrected chi connectivity index (χ3v) is 13.5. The molecule has 6 heteroatoms. The van der Waals surface area contributed by atoms with Crippen molar-refractivity contribution >= 4 is 17.9 Å². The number of unbranched alkanes of at least 4 members (excludes halogenated alkanes) is 21. The molecule has 0 bridgehead atoms. The Hall–Kier alpha value is -4.97. The fourth-order valence-electron chi connectivity index (χ4n) is 8.62. The quantitative estimate of drug-likeness (QED) is 0.0261. The summed E-state index contributed by atoms with van der Waals surface area (Å²) in [5, 5.41) is 0. The van der Waals surface area contributed by atoms with Crippen molar-refractivity contribution in [3.8, 4) is 0 Å². The van der Waals surface area contributed by atoms with Crippen LogP contribution in [0.5, 0.6) is 0 Å². The average molecular weight is 1120 g/mol. The van der Waals surface area contributed by atoms with Crippen molar-refractivity contribution in [1.29, 1.82) is 0 Å². The minimum absolute atomic E-state index is 0.112. The van der Waals surface area contributed by atoms with Gasteiger partial charge in [-0.05, 0) is 148 Å². The average Bonchev–Trinajstić information content (AvgIpc) is 3.47. The van der Waals surface area contributed by atoms with E-state index in [-0.39, 0.29) is 37.5 Å². The van der Waals surface area contributed by atoms with Crippen LogP contribution in [-0.2, 0) is 28.6 Å². The molecule has 0 aliphatic heterocycles. The number of hydrogen-bond acceptors (Lipinski definition) is 6. The van der Waals surface area contributed by atoms with E-state index in [9.17, 15) is 14.4 Å². The van der Waals surface area contributed by atoms with E-state index in [1.165, 1.54) is 89.9 Å². The highest BCUT2D eigenvalue weighted by atomic mass is 16.6. The van der Waals surface area contributed by atoms with Crippen molar-refractivity contribution in [3.05, 3.63) is 158 Å². The number of esters is 3. The van der Waals surface area contributed by atoms with Gasteiger partial charge in [-0.2, -0.15) is 0 Å². The molecule has 0 N–H and O–H groups in total. The zero-order chi connectivity index (χ0) is 58.5. The number of ether oxygens (including phenoxy) is 3. The van der Waals surface area contributed by atoms with Gasteiger partial charge in [0.1, 0.15) is 13.2 Å². The molecule has 0 heterocycles. The molecule has 0 spiro atoms. The van der Waals surface area contributed by atoms with Crippen LogP contribution in [0.2, 0.25) is 0 Å². The molecule has 456 valence electrons. The normalized spacial score (nSPS) is 13.2. The van der Waals surface area contributed by atoms with E-state index in [0.29, 0.717) is 19.3 Å². The van der Waals surface area contributed by atoms with Crippen LogP contribution in [0.4, 0.5) is 0 Å². The van der Waals surface area contributed by atoms with Crippen LogP contribution >= 0.6 is 0 Å². The molecule has 0 rings (SSSR count). The summed E-state index contributed by atoms with van der Waals surface area (Å²) in [6, 6.07) is 0. The van der Waals surface area contributed by atoms with Crippen LogP contribution in [-0.4, -0.2) is 37.2 Å². The second-order valence-electron chi connectivity index (χ2n) is 21.3. The molecule has 6 nitrogen and oxygen atoms in total. The molecule has 0 radical (unpaired) electrons. The summed E-state index contributed by atoms with van der Waals surface area (Å²) in [5.74, 6) is -0.986. The predicted octanol–water partition coefficient (Wildman–Crippen LogP) is 22.9. The molecule has 0 aromatic carbocycles. The van der Waals surface area contributed by atoms with Crippen LogP contribution in [0.1, 0.15) is 278 Å². The molecule has 0 saturated heterocycles. The summed E-state index contributed by atoms with van der Waals surface area (Å²) < 4.78 is 16.9. The van der Waals surface area contributed by atoms with Crippen molar-refractivity contribution in [3.63, 3.8) is 0 Å². The summed E-state index contributed by atoms with van der Waals surface area (Å²) in [7, 11) is 0. The number of hydrogen-bond donors (Lipinski definition) is 0. The Morgan fingerprint density at radius 3 is 0.778 bits per heavy atom. The first-order chi connectivity index (χ1) is 40.0. The summed E-state index contributed by atoms with van der Waals surface area (Å²) in [5.41, 5.74) is 0. The van der Waals surface area contributed by atoms with Crippen LogP contribution in [0, 0.1) is 0 Å². The molecule has 0 aromatic heterocycles. The van der Waals surface area contributed by atoms with Gasteiger partial charge in [0.25, 0.3) is 0 Å². The lowest BCUT2D eigenvalue weighted by atomic mass is 10.1. The Kier molecular flexibility index (Phi) is 63.4. The number of carbonyl (C=O) groups excluding carboxylic acids is 3. The first kappa shape index (κ1) is 76.0. The highest BCUT2D eigenvalue weighted by molar-refractivity contribution is 5.71. The molecule has 0 aliphatic rings. The minimum Gasteiger partial charge on any atom is -0.462 e. The largest absolute Gasteiger partial charge is 0.462 e. The van der Waals surface area contributed by atoms with E-state index in [4.69, 9.17) is 14.2 Å². The van der Waals surface area contributed by atoms with Gasteiger partial charge in [0, 0.05) is 19.3 Å². The SMILES string of the molecule is CC/C=C\C/C=C\C/C=C\C/C=C\C/C=C\C/C=C\CCCCC(=O)OC(COC(=O)CCCCCC/C=C\C/C=C\C/C=C\C/C=C\CC)COC(=O)CCCCCCCCCCCC/C=C\C/C=C\C/C=C\CCCCCCC. The maximum Gasteiger partial charge on any atom is 0.306 e. The molecule has 0 amide bonds. The molecular formula is C75H120O6. The smallest absolute Gasteiger partial charge is 0.306 e. The Balaban J connectivity index is 4.50. The predicted molar refractivity (Wildman–Crippen MR) is 352 cm³/mol. The molecule has 1 atom stereocenters. The Labute approximate surface area is 499 Å². The summed E-state index contributed by atoms with van der Waals surface area (Å²) in [4.78, 5) is 38.4. The summed E-state index contributed by atoms with van der Waals surface area (Å²) in [6.45, 7) is 6.35. The maximum atomic E-state index is 12.9. The number of allylic oxidation sites excluding steroid dienone is 26. The van der Waals surface area contributed by atoms with Crippen molar-refractivity contribution < 1.29 is 28.6 Å². The van der Waals surface area contributed by atoms with E-state index in [1.54, 1.807) is 0 Å². The van der Waals surface area contributed by atoms with Gasteiger partial charge in [-0.3, -0.25) is 14.4 Å². The second kappa shape index (κ2) is 67.5. The molecule has 0 aliphatic carbocycles.